The molecule has 72 valence electrons. The van der Waals surface area contributed by atoms with Gasteiger partial charge in [-0.1, -0.05) is 0 Å². The number of aromatic nitrogens is 2. The summed E-state index contributed by atoms with van der Waals surface area (Å²) in [5, 5.41) is 3.23. The van der Waals surface area contributed by atoms with E-state index in [9.17, 15) is 0 Å². The predicted molar refractivity (Wildman–Crippen MR) is 53.5 cm³/mol. The van der Waals surface area contributed by atoms with Crippen molar-refractivity contribution in [2.75, 3.05) is 11.9 Å². The fraction of sp³-hybridized carbons (Fsp3) is 0.556. The average Bonchev–Trinajstić information content (AvgIpc) is 2.03. The summed E-state index contributed by atoms with van der Waals surface area (Å²) < 4.78 is 0. The maximum atomic E-state index is 5.59. The van der Waals surface area contributed by atoms with E-state index in [-0.39, 0.29) is 5.54 Å². The fourth-order valence-corrected chi connectivity index (χ4v) is 0.921. The zero-order valence-corrected chi connectivity index (χ0v) is 8.33. The van der Waals surface area contributed by atoms with E-state index in [0.717, 1.165) is 11.5 Å². The number of aryl methyl sites for hydroxylation is 1. The first-order valence-corrected chi connectivity index (χ1v) is 4.30. The van der Waals surface area contributed by atoms with E-state index in [0.29, 0.717) is 6.54 Å². The van der Waals surface area contributed by atoms with Gasteiger partial charge in [-0.25, -0.2) is 9.97 Å². The van der Waals surface area contributed by atoms with Crippen LogP contribution in [-0.2, 0) is 0 Å². The molecule has 1 heterocycles. The molecule has 0 radical (unpaired) electrons. The summed E-state index contributed by atoms with van der Waals surface area (Å²) in [5.74, 6) is 0.822. The molecule has 0 fully saturated rings. The van der Waals surface area contributed by atoms with Crippen molar-refractivity contribution in [3.05, 3.63) is 18.1 Å². The fourth-order valence-electron chi connectivity index (χ4n) is 0.921. The molecule has 0 aliphatic rings. The highest BCUT2D eigenvalue weighted by Gasteiger charge is 2.14. The predicted octanol–water partition coefficient (Wildman–Crippen LogP) is 0.934. The Morgan fingerprint density at radius 1 is 1.46 bits per heavy atom. The topological polar surface area (TPSA) is 63.8 Å². The van der Waals surface area contributed by atoms with Crippen LogP contribution >= 0.6 is 0 Å². The van der Waals surface area contributed by atoms with Crippen molar-refractivity contribution in [2.24, 2.45) is 5.73 Å². The van der Waals surface area contributed by atoms with E-state index in [4.69, 9.17) is 5.73 Å². The lowest BCUT2D eigenvalue weighted by atomic mass is 10.1. The Kier molecular flexibility index (Phi) is 2.83. The van der Waals surface area contributed by atoms with Gasteiger partial charge in [-0.15, -0.1) is 0 Å². The van der Waals surface area contributed by atoms with Crippen molar-refractivity contribution in [3.63, 3.8) is 0 Å². The second-order valence-corrected chi connectivity index (χ2v) is 3.76. The smallest absolute Gasteiger partial charge is 0.130 e. The number of hydrogen-bond acceptors (Lipinski definition) is 4. The highest BCUT2D eigenvalue weighted by molar-refractivity contribution is 5.37. The summed E-state index contributed by atoms with van der Waals surface area (Å²) in [7, 11) is 0. The standard InChI is InChI=1S/C9H16N4/c1-7-4-8(12-6-11-7)13-9(2,3)5-10/h4,6H,5,10H2,1-3H3,(H,11,12,13). The Balaban J connectivity index is 2.74. The van der Waals surface area contributed by atoms with Crippen LogP contribution in [0.25, 0.3) is 0 Å². The number of nitrogens with two attached hydrogens (primary N) is 1. The molecule has 0 atom stereocenters. The summed E-state index contributed by atoms with van der Waals surface area (Å²) in [6.45, 7) is 6.56. The minimum absolute atomic E-state index is 0.124. The van der Waals surface area contributed by atoms with E-state index in [2.05, 4.69) is 15.3 Å². The second-order valence-electron chi connectivity index (χ2n) is 3.76. The van der Waals surface area contributed by atoms with Crippen LogP contribution in [0, 0.1) is 6.92 Å². The van der Waals surface area contributed by atoms with Crippen LogP contribution in [-0.4, -0.2) is 22.1 Å². The third-order valence-corrected chi connectivity index (χ3v) is 1.78. The van der Waals surface area contributed by atoms with Gasteiger partial charge >= 0.3 is 0 Å². The summed E-state index contributed by atoms with van der Waals surface area (Å²) in [6.07, 6.45) is 1.55. The van der Waals surface area contributed by atoms with E-state index in [1.54, 1.807) is 6.33 Å². The molecule has 0 saturated carbocycles. The van der Waals surface area contributed by atoms with Crippen LogP contribution in [0.15, 0.2) is 12.4 Å². The largest absolute Gasteiger partial charge is 0.364 e. The first kappa shape index (κ1) is 9.92. The molecule has 0 aliphatic heterocycles. The number of hydrogen-bond donors (Lipinski definition) is 2. The molecule has 13 heavy (non-hydrogen) atoms. The van der Waals surface area contributed by atoms with Crippen LogP contribution in [0.4, 0.5) is 5.82 Å². The molecule has 4 nitrogen and oxygen atoms in total. The van der Waals surface area contributed by atoms with Gasteiger partial charge in [0.25, 0.3) is 0 Å². The zero-order valence-electron chi connectivity index (χ0n) is 8.33. The summed E-state index contributed by atoms with van der Waals surface area (Å²) >= 11 is 0. The van der Waals surface area contributed by atoms with Crippen LogP contribution < -0.4 is 11.1 Å². The van der Waals surface area contributed by atoms with Gasteiger partial charge < -0.3 is 11.1 Å². The molecule has 3 N–H and O–H groups in total. The molecule has 4 heteroatoms. The number of nitrogens with one attached hydrogen (secondary N) is 1. The van der Waals surface area contributed by atoms with Crippen molar-refractivity contribution in [3.8, 4) is 0 Å². The first-order valence-electron chi connectivity index (χ1n) is 4.30. The zero-order chi connectivity index (χ0) is 9.90. The number of anilines is 1. The Hall–Kier alpha value is -1.16. The van der Waals surface area contributed by atoms with E-state index >= 15 is 0 Å². The van der Waals surface area contributed by atoms with Crippen LogP contribution in [0.5, 0.6) is 0 Å². The third-order valence-electron chi connectivity index (χ3n) is 1.78. The lowest BCUT2D eigenvalue weighted by Crippen LogP contribution is -2.39. The van der Waals surface area contributed by atoms with Gasteiger partial charge in [0.05, 0.1) is 0 Å². The lowest BCUT2D eigenvalue weighted by molar-refractivity contribution is 0.577. The minimum Gasteiger partial charge on any atom is -0.364 e. The van der Waals surface area contributed by atoms with Crippen molar-refractivity contribution in [1.82, 2.24) is 9.97 Å². The van der Waals surface area contributed by atoms with E-state index in [1.807, 2.05) is 26.8 Å². The minimum atomic E-state index is -0.124. The Morgan fingerprint density at radius 3 is 2.69 bits per heavy atom. The normalized spacial score (nSPS) is 11.4. The molecule has 0 amide bonds. The van der Waals surface area contributed by atoms with Gasteiger partial charge in [0.15, 0.2) is 0 Å². The SMILES string of the molecule is Cc1cc(NC(C)(C)CN)ncn1. The maximum absolute atomic E-state index is 5.59. The lowest BCUT2D eigenvalue weighted by Gasteiger charge is -2.24. The van der Waals surface area contributed by atoms with Gasteiger partial charge in [0.2, 0.25) is 0 Å². The summed E-state index contributed by atoms with van der Waals surface area (Å²) in [6, 6.07) is 1.90. The van der Waals surface area contributed by atoms with Gasteiger partial charge in [-0.2, -0.15) is 0 Å². The first-order chi connectivity index (χ1) is 6.03. The highest BCUT2D eigenvalue weighted by Crippen LogP contribution is 2.10. The van der Waals surface area contributed by atoms with E-state index in [1.165, 1.54) is 0 Å². The van der Waals surface area contributed by atoms with Crippen molar-refractivity contribution in [1.29, 1.82) is 0 Å². The molecule has 0 bridgehead atoms. The number of rotatable bonds is 3. The monoisotopic (exact) mass is 180 g/mol. The van der Waals surface area contributed by atoms with Gasteiger partial charge in [0, 0.05) is 23.8 Å². The average molecular weight is 180 g/mol. The van der Waals surface area contributed by atoms with Crippen LogP contribution in [0.2, 0.25) is 0 Å². The second kappa shape index (κ2) is 3.70. The Morgan fingerprint density at radius 2 is 2.15 bits per heavy atom. The molecule has 1 aromatic heterocycles. The molecule has 0 saturated heterocycles. The molecule has 1 aromatic rings. The Labute approximate surface area is 78.6 Å². The quantitative estimate of drug-likeness (QED) is 0.726. The summed E-state index contributed by atoms with van der Waals surface area (Å²) in [4.78, 5) is 8.11. The van der Waals surface area contributed by atoms with Crippen molar-refractivity contribution in [2.45, 2.75) is 26.3 Å². The molecule has 1 rings (SSSR count). The van der Waals surface area contributed by atoms with Crippen molar-refractivity contribution >= 4 is 5.82 Å². The maximum Gasteiger partial charge on any atom is 0.130 e. The third kappa shape index (κ3) is 2.99. The van der Waals surface area contributed by atoms with Crippen LogP contribution in [0.1, 0.15) is 19.5 Å². The highest BCUT2D eigenvalue weighted by atomic mass is 15.1. The van der Waals surface area contributed by atoms with Crippen LogP contribution in [0.3, 0.4) is 0 Å². The molecular weight excluding hydrogens is 164 g/mol. The molecule has 0 aromatic carbocycles. The van der Waals surface area contributed by atoms with Gasteiger partial charge in [-0.05, 0) is 20.8 Å². The van der Waals surface area contributed by atoms with Crippen molar-refractivity contribution < 1.29 is 0 Å². The summed E-state index contributed by atoms with van der Waals surface area (Å²) in [5.41, 5.74) is 6.41. The van der Waals surface area contributed by atoms with E-state index < -0.39 is 0 Å². The Bertz CT molecular complexity index is 283. The molecule has 0 unspecified atom stereocenters. The van der Waals surface area contributed by atoms with Gasteiger partial charge in [0.1, 0.15) is 12.1 Å². The molecular formula is C9H16N4. The molecule has 0 spiro atoms. The van der Waals surface area contributed by atoms with Gasteiger partial charge in [-0.3, -0.25) is 0 Å². The number of nitrogens with zero attached hydrogens (tertiary/aromatic N) is 2. The molecule has 0 aliphatic carbocycles.